The highest BCUT2D eigenvalue weighted by atomic mass is 15.2. The Kier molecular flexibility index (Phi) is 4.26. The van der Waals surface area contributed by atoms with Gasteiger partial charge in [-0.2, -0.15) is 0 Å². The van der Waals surface area contributed by atoms with Crippen LogP contribution in [0.1, 0.15) is 52.9 Å². The van der Waals surface area contributed by atoms with Crippen molar-refractivity contribution in [1.82, 2.24) is 10.2 Å². The van der Waals surface area contributed by atoms with Crippen molar-refractivity contribution in [2.24, 2.45) is 5.92 Å². The van der Waals surface area contributed by atoms with Gasteiger partial charge in [0.05, 0.1) is 0 Å². The van der Waals surface area contributed by atoms with Gasteiger partial charge in [-0.3, -0.25) is 4.90 Å². The van der Waals surface area contributed by atoms with E-state index in [0.29, 0.717) is 6.04 Å². The fourth-order valence-electron chi connectivity index (χ4n) is 2.45. The second-order valence-corrected chi connectivity index (χ2v) is 6.10. The molecule has 2 fully saturated rings. The molecular formula is C14H28N2. The summed E-state index contributed by atoms with van der Waals surface area (Å²) in [4.78, 5) is 2.70. The van der Waals surface area contributed by atoms with Gasteiger partial charge in [0.15, 0.2) is 0 Å². The Balaban J connectivity index is 1.66. The summed E-state index contributed by atoms with van der Waals surface area (Å²) < 4.78 is 0. The highest BCUT2D eigenvalue weighted by Crippen LogP contribution is 2.31. The van der Waals surface area contributed by atoms with Gasteiger partial charge in [-0.05, 0) is 65.3 Å². The van der Waals surface area contributed by atoms with Crippen LogP contribution in [0.3, 0.4) is 0 Å². The Morgan fingerprint density at radius 1 is 1.12 bits per heavy atom. The van der Waals surface area contributed by atoms with E-state index in [2.05, 4.69) is 31.0 Å². The van der Waals surface area contributed by atoms with E-state index in [9.17, 15) is 0 Å². The van der Waals surface area contributed by atoms with Crippen molar-refractivity contribution >= 4 is 0 Å². The summed E-state index contributed by atoms with van der Waals surface area (Å²) in [5, 5.41) is 3.62. The molecule has 2 aliphatic rings. The zero-order valence-electron chi connectivity index (χ0n) is 11.2. The number of rotatable bonds is 8. The maximum Gasteiger partial charge on any atom is 0.00818 e. The lowest BCUT2D eigenvalue weighted by Crippen LogP contribution is -2.41. The SMILES string of the molecule is CC(C)N(CC1CC1)C(C)CCNC1CC1. The van der Waals surface area contributed by atoms with Crippen LogP contribution in [0.4, 0.5) is 0 Å². The van der Waals surface area contributed by atoms with Crippen LogP contribution in [0, 0.1) is 5.92 Å². The fourth-order valence-corrected chi connectivity index (χ4v) is 2.45. The molecule has 0 bridgehead atoms. The van der Waals surface area contributed by atoms with Crippen molar-refractivity contribution in [3.63, 3.8) is 0 Å². The molecule has 2 saturated carbocycles. The lowest BCUT2D eigenvalue weighted by molar-refractivity contribution is 0.149. The molecule has 16 heavy (non-hydrogen) atoms. The van der Waals surface area contributed by atoms with Crippen LogP contribution in [0.25, 0.3) is 0 Å². The minimum Gasteiger partial charge on any atom is -0.314 e. The Labute approximate surface area is 101 Å². The first-order chi connectivity index (χ1) is 7.66. The maximum atomic E-state index is 3.62. The van der Waals surface area contributed by atoms with Gasteiger partial charge in [-0.25, -0.2) is 0 Å². The molecule has 0 aromatic carbocycles. The fraction of sp³-hybridized carbons (Fsp3) is 1.00. The summed E-state index contributed by atoms with van der Waals surface area (Å²) in [5.41, 5.74) is 0. The van der Waals surface area contributed by atoms with Gasteiger partial charge in [-0.1, -0.05) is 0 Å². The van der Waals surface area contributed by atoms with Crippen molar-refractivity contribution in [1.29, 1.82) is 0 Å². The van der Waals surface area contributed by atoms with E-state index in [-0.39, 0.29) is 0 Å². The Hall–Kier alpha value is -0.0800. The van der Waals surface area contributed by atoms with Crippen LogP contribution in [0.2, 0.25) is 0 Å². The number of nitrogens with one attached hydrogen (secondary N) is 1. The quantitative estimate of drug-likeness (QED) is 0.682. The molecule has 1 atom stereocenters. The van der Waals surface area contributed by atoms with Gasteiger partial charge >= 0.3 is 0 Å². The molecular weight excluding hydrogens is 196 g/mol. The summed E-state index contributed by atoms with van der Waals surface area (Å²) >= 11 is 0. The molecule has 2 nitrogen and oxygen atoms in total. The third kappa shape index (κ3) is 4.06. The van der Waals surface area contributed by atoms with E-state index < -0.39 is 0 Å². The lowest BCUT2D eigenvalue weighted by Gasteiger charge is -2.33. The first-order valence-electron chi connectivity index (χ1n) is 7.16. The van der Waals surface area contributed by atoms with E-state index >= 15 is 0 Å². The second-order valence-electron chi connectivity index (χ2n) is 6.10. The summed E-state index contributed by atoms with van der Waals surface area (Å²) in [5.74, 6) is 1.02. The molecule has 1 unspecified atom stereocenters. The molecule has 0 spiro atoms. The molecule has 0 amide bonds. The first-order valence-corrected chi connectivity index (χ1v) is 7.16. The largest absolute Gasteiger partial charge is 0.314 e. The van der Waals surface area contributed by atoms with E-state index in [1.165, 1.54) is 45.2 Å². The third-order valence-corrected chi connectivity index (χ3v) is 3.97. The highest BCUT2D eigenvalue weighted by Gasteiger charge is 2.28. The van der Waals surface area contributed by atoms with Crippen LogP contribution in [-0.4, -0.2) is 36.1 Å². The van der Waals surface area contributed by atoms with Crippen molar-refractivity contribution in [3.8, 4) is 0 Å². The molecule has 94 valence electrons. The van der Waals surface area contributed by atoms with Gasteiger partial charge in [0, 0.05) is 24.7 Å². The van der Waals surface area contributed by atoms with Gasteiger partial charge in [0.2, 0.25) is 0 Å². The molecule has 2 rings (SSSR count). The monoisotopic (exact) mass is 224 g/mol. The normalized spacial score (nSPS) is 23.1. The molecule has 0 radical (unpaired) electrons. The standard InChI is InChI=1S/C14H28N2/c1-11(2)16(10-13-4-5-13)12(3)8-9-15-14-6-7-14/h11-15H,4-10H2,1-3H3. The van der Waals surface area contributed by atoms with Gasteiger partial charge in [0.1, 0.15) is 0 Å². The first kappa shape index (κ1) is 12.4. The maximum absolute atomic E-state index is 3.62. The molecule has 0 saturated heterocycles. The molecule has 0 aliphatic heterocycles. The molecule has 2 heteroatoms. The molecule has 0 aromatic heterocycles. The van der Waals surface area contributed by atoms with Gasteiger partial charge < -0.3 is 5.32 Å². The highest BCUT2D eigenvalue weighted by molar-refractivity contribution is 4.84. The minimum atomic E-state index is 0.705. The average Bonchev–Trinajstić information content (AvgIpc) is 3.08. The summed E-state index contributed by atoms with van der Waals surface area (Å²) in [7, 11) is 0. The van der Waals surface area contributed by atoms with E-state index in [4.69, 9.17) is 0 Å². The number of nitrogens with zero attached hydrogens (tertiary/aromatic N) is 1. The molecule has 2 aliphatic carbocycles. The smallest absolute Gasteiger partial charge is 0.00818 e. The van der Waals surface area contributed by atoms with Crippen LogP contribution < -0.4 is 5.32 Å². The zero-order valence-corrected chi connectivity index (χ0v) is 11.2. The Bertz CT molecular complexity index is 207. The second kappa shape index (κ2) is 5.50. The van der Waals surface area contributed by atoms with E-state index in [1.807, 2.05) is 0 Å². The van der Waals surface area contributed by atoms with E-state index in [1.54, 1.807) is 0 Å². The van der Waals surface area contributed by atoms with Crippen molar-refractivity contribution in [3.05, 3.63) is 0 Å². The lowest BCUT2D eigenvalue weighted by atomic mass is 10.1. The van der Waals surface area contributed by atoms with Crippen LogP contribution in [0.5, 0.6) is 0 Å². The summed E-state index contributed by atoms with van der Waals surface area (Å²) in [6, 6.07) is 2.31. The third-order valence-electron chi connectivity index (χ3n) is 3.97. The molecule has 0 heterocycles. The van der Waals surface area contributed by atoms with Crippen LogP contribution >= 0.6 is 0 Å². The molecule has 1 N–H and O–H groups in total. The molecule has 0 aromatic rings. The Morgan fingerprint density at radius 2 is 1.81 bits per heavy atom. The van der Waals surface area contributed by atoms with Crippen LogP contribution in [0.15, 0.2) is 0 Å². The van der Waals surface area contributed by atoms with Gasteiger partial charge in [0.25, 0.3) is 0 Å². The predicted octanol–water partition coefficient (Wildman–Crippen LogP) is 2.64. The Morgan fingerprint density at radius 3 is 2.31 bits per heavy atom. The van der Waals surface area contributed by atoms with Crippen molar-refractivity contribution < 1.29 is 0 Å². The van der Waals surface area contributed by atoms with Crippen molar-refractivity contribution in [2.45, 2.75) is 71.0 Å². The summed E-state index contributed by atoms with van der Waals surface area (Å²) in [6.07, 6.45) is 7.06. The number of hydrogen-bond acceptors (Lipinski definition) is 2. The van der Waals surface area contributed by atoms with Crippen LogP contribution in [-0.2, 0) is 0 Å². The van der Waals surface area contributed by atoms with E-state index in [0.717, 1.165) is 18.0 Å². The predicted molar refractivity (Wildman–Crippen MR) is 69.7 cm³/mol. The topological polar surface area (TPSA) is 15.3 Å². The van der Waals surface area contributed by atoms with Gasteiger partial charge in [-0.15, -0.1) is 0 Å². The number of hydrogen-bond donors (Lipinski definition) is 1. The van der Waals surface area contributed by atoms with Crippen molar-refractivity contribution in [2.75, 3.05) is 13.1 Å². The average molecular weight is 224 g/mol. The minimum absolute atomic E-state index is 0.705. The summed E-state index contributed by atoms with van der Waals surface area (Å²) in [6.45, 7) is 9.62. The zero-order chi connectivity index (χ0) is 11.5.